The summed E-state index contributed by atoms with van der Waals surface area (Å²) in [4.78, 5) is 45.3. The minimum Gasteiger partial charge on any atom is -0.366 e. The minimum absolute atomic E-state index is 0. The summed E-state index contributed by atoms with van der Waals surface area (Å²) < 4.78 is 17.6. The summed E-state index contributed by atoms with van der Waals surface area (Å²) in [5, 5.41) is 5.72. The molecule has 1 aliphatic heterocycles. The van der Waals surface area contributed by atoms with Gasteiger partial charge in [-0.05, 0) is 45.1 Å². The van der Waals surface area contributed by atoms with Crippen LogP contribution < -0.4 is 20.5 Å². The quantitative estimate of drug-likeness (QED) is 0.279. The molecule has 0 atom stereocenters. The monoisotopic (exact) mass is 606 g/mol. The van der Waals surface area contributed by atoms with Gasteiger partial charge in [-0.2, -0.15) is 0 Å². The van der Waals surface area contributed by atoms with E-state index in [0.29, 0.717) is 49.9 Å². The van der Waals surface area contributed by atoms with Crippen LogP contribution in [-0.2, 0) is 4.79 Å². The van der Waals surface area contributed by atoms with Gasteiger partial charge in [0.25, 0.3) is 0 Å². The number of piperazine rings is 1. The first-order valence-corrected chi connectivity index (χ1v) is 15.5. The lowest BCUT2D eigenvalue weighted by Crippen LogP contribution is -2.47. The maximum atomic E-state index is 15.6. The number of nitrogens with zero attached hydrogens (tertiary/aromatic N) is 7. The summed E-state index contributed by atoms with van der Waals surface area (Å²) >= 11 is 1.53. The molecule has 0 spiro atoms. The highest BCUT2D eigenvalue weighted by molar-refractivity contribution is 7.13. The predicted molar refractivity (Wildman–Crippen MR) is 174 cm³/mol. The number of fused-ring (bicyclic) bond motifs is 1. The fraction of sp³-hybridized carbons (Fsp3) is 0.387. The van der Waals surface area contributed by atoms with E-state index in [1.807, 2.05) is 53.8 Å². The topological polar surface area (TPSA) is 99.5 Å². The Morgan fingerprint density at radius 2 is 1.88 bits per heavy atom. The van der Waals surface area contributed by atoms with Crippen LogP contribution in [0.1, 0.15) is 34.2 Å². The normalized spacial score (nSPS) is 15.2. The molecule has 1 amide bonds. The van der Waals surface area contributed by atoms with Crippen molar-refractivity contribution < 1.29 is 10.6 Å². The lowest BCUT2D eigenvalue weighted by molar-refractivity contribution is -0.111. The number of thiazole rings is 1. The number of hydrogen-bond donors (Lipinski definition) is 1. The van der Waals surface area contributed by atoms with E-state index < -0.39 is 11.2 Å². The van der Waals surface area contributed by atoms with E-state index in [9.17, 15) is 9.59 Å². The fourth-order valence-electron chi connectivity index (χ4n) is 5.01. The zero-order valence-electron chi connectivity index (χ0n) is 25.0. The van der Waals surface area contributed by atoms with Gasteiger partial charge in [-0.15, -0.1) is 11.3 Å². The first-order valence-electron chi connectivity index (χ1n) is 14.6. The molecular formula is C31H39FN8O2S. The molecular weight excluding hydrogens is 567 g/mol. The molecule has 10 nitrogen and oxygen atoms in total. The lowest BCUT2D eigenvalue weighted by Gasteiger charge is -2.36. The van der Waals surface area contributed by atoms with Crippen molar-refractivity contribution in [2.75, 3.05) is 61.9 Å². The molecule has 2 aliphatic rings. The summed E-state index contributed by atoms with van der Waals surface area (Å²) in [6.07, 6.45) is 10.3. The highest BCUT2D eigenvalue weighted by atomic mass is 32.1. The molecule has 4 heterocycles. The van der Waals surface area contributed by atoms with Crippen LogP contribution in [0.4, 0.5) is 21.7 Å². The number of carbonyl (C=O) groups is 1. The number of halogens is 1. The Kier molecular flexibility index (Phi) is 9.46. The Labute approximate surface area is 256 Å². The van der Waals surface area contributed by atoms with Gasteiger partial charge in [0.15, 0.2) is 0 Å². The Morgan fingerprint density at radius 3 is 2.56 bits per heavy atom. The van der Waals surface area contributed by atoms with Crippen molar-refractivity contribution in [3.05, 3.63) is 70.4 Å². The second-order valence-corrected chi connectivity index (χ2v) is 11.4. The fourth-order valence-corrected chi connectivity index (χ4v) is 5.61. The van der Waals surface area contributed by atoms with Gasteiger partial charge in [0.2, 0.25) is 17.3 Å². The molecule has 228 valence electrons. The van der Waals surface area contributed by atoms with Gasteiger partial charge in [-0.3, -0.25) is 9.59 Å². The molecule has 0 bridgehead atoms. The van der Waals surface area contributed by atoms with Crippen LogP contribution >= 0.6 is 11.3 Å². The first-order chi connectivity index (χ1) is 20.9. The number of carbonyl (C=O) groups excluding carboxylic acids is 1. The third-order valence-electron chi connectivity index (χ3n) is 7.24. The molecule has 4 aromatic rings. The van der Waals surface area contributed by atoms with Gasteiger partial charge in [0.1, 0.15) is 22.2 Å². The van der Waals surface area contributed by atoms with Crippen molar-refractivity contribution in [1.82, 2.24) is 24.4 Å². The van der Waals surface area contributed by atoms with Gasteiger partial charge < -0.3 is 24.6 Å². The van der Waals surface area contributed by atoms with Gasteiger partial charge in [-0.25, -0.2) is 19.3 Å². The summed E-state index contributed by atoms with van der Waals surface area (Å²) in [5.41, 5.74) is 1.69. The Balaban J connectivity index is 0.00000144. The number of hydrogen-bond acceptors (Lipinski definition) is 9. The molecule has 2 fully saturated rings. The maximum Gasteiger partial charge on any atom is 0.248 e. The first kappa shape index (κ1) is 30.3. The minimum atomic E-state index is -0.457. The summed E-state index contributed by atoms with van der Waals surface area (Å²) in [6.45, 7) is 7.01. The Morgan fingerprint density at radius 1 is 1.14 bits per heavy atom. The highest BCUT2D eigenvalue weighted by Crippen LogP contribution is 2.38. The van der Waals surface area contributed by atoms with Crippen molar-refractivity contribution >= 4 is 45.5 Å². The number of pyridine rings is 1. The van der Waals surface area contributed by atoms with Gasteiger partial charge in [0, 0.05) is 70.2 Å². The number of likely N-dealkylation sites (N-methyl/N-ethyl adjacent to an activating group) is 1. The van der Waals surface area contributed by atoms with Crippen LogP contribution in [0.3, 0.4) is 0 Å². The van der Waals surface area contributed by atoms with E-state index in [2.05, 4.69) is 20.2 Å². The zero-order chi connectivity index (χ0) is 30.5. The van der Waals surface area contributed by atoms with Crippen LogP contribution in [-0.4, -0.2) is 77.1 Å². The van der Waals surface area contributed by atoms with Crippen molar-refractivity contribution in [3.63, 3.8) is 0 Å². The van der Waals surface area contributed by atoms with E-state index in [0.717, 1.165) is 23.5 Å². The molecule has 1 saturated carbocycles. The van der Waals surface area contributed by atoms with E-state index >= 15 is 4.39 Å². The molecule has 0 unspecified atom stereocenters. The van der Waals surface area contributed by atoms with Crippen molar-refractivity contribution in [3.8, 4) is 10.7 Å². The second kappa shape index (κ2) is 13.4. The molecule has 1 aliphatic carbocycles. The molecule has 3 aromatic heterocycles. The zero-order valence-corrected chi connectivity index (χ0v) is 25.8. The average molecular weight is 607 g/mol. The average Bonchev–Trinajstić information content (AvgIpc) is 3.71. The number of rotatable bonds is 8. The third-order valence-corrected chi connectivity index (χ3v) is 8.03. The molecule has 6 rings (SSSR count). The second-order valence-electron chi connectivity index (χ2n) is 10.5. The van der Waals surface area contributed by atoms with Gasteiger partial charge >= 0.3 is 0 Å². The molecule has 1 aromatic carbocycles. The number of amides is 1. The molecule has 1 N–H and O–H groups in total. The van der Waals surface area contributed by atoms with Crippen molar-refractivity contribution in [1.29, 1.82) is 0 Å². The number of benzene rings is 1. The van der Waals surface area contributed by atoms with Gasteiger partial charge in [0.05, 0.1) is 16.6 Å². The van der Waals surface area contributed by atoms with E-state index in [-0.39, 0.29) is 24.4 Å². The molecule has 43 heavy (non-hydrogen) atoms. The number of nitrogens with one attached hydrogen (secondary N) is 1. The van der Waals surface area contributed by atoms with E-state index in [1.54, 1.807) is 30.7 Å². The lowest BCUT2D eigenvalue weighted by atomic mass is 10.1. The molecule has 12 heteroatoms. The largest absolute Gasteiger partial charge is 0.366 e. The van der Waals surface area contributed by atoms with Crippen molar-refractivity contribution in [2.45, 2.75) is 32.7 Å². The van der Waals surface area contributed by atoms with Crippen LogP contribution in [0.25, 0.3) is 21.6 Å². The summed E-state index contributed by atoms with van der Waals surface area (Å²) in [7, 11) is 3.81. The Hall–Kier alpha value is -4.16. The SMILES string of the molecule is CC.CN(C)C/C=C/C(=O)Nc1cn(C2CC2)c2cc(N3CCN(c4nccc(-c5nccs5)n4)CC3)c(F)cc2c1=O.[HH]. The number of anilines is 3. The van der Waals surface area contributed by atoms with Crippen molar-refractivity contribution in [2.24, 2.45) is 0 Å². The number of aromatic nitrogens is 4. The highest BCUT2D eigenvalue weighted by Gasteiger charge is 2.28. The van der Waals surface area contributed by atoms with Crippen LogP contribution in [0.5, 0.6) is 0 Å². The predicted octanol–water partition coefficient (Wildman–Crippen LogP) is 5.04. The van der Waals surface area contributed by atoms with Crippen LogP contribution in [0, 0.1) is 5.82 Å². The van der Waals surface area contributed by atoms with E-state index in [4.69, 9.17) is 4.98 Å². The standard InChI is InChI=1S/C29H31FN8O2S.C2H6.H2/c1-35(2)10-3-4-26(39)33-23-18-38(19-5-6-19)24-17-25(21(30)16-20(24)27(23)40)36-11-13-37(14-12-36)29-32-8-7-22(34-29)28-31-9-15-41-28;1-2;/h3-4,7-9,15-19H,5-6,10-14H2,1-2H3,(H,33,39);1-2H3;1H/b4-3+;;. The third kappa shape index (κ3) is 6.91. The smallest absolute Gasteiger partial charge is 0.248 e. The maximum absolute atomic E-state index is 15.6. The molecule has 1 saturated heterocycles. The summed E-state index contributed by atoms with van der Waals surface area (Å²) in [5.74, 6) is -0.214. The molecule has 0 radical (unpaired) electrons. The van der Waals surface area contributed by atoms with Crippen LogP contribution in [0.2, 0.25) is 0 Å². The Bertz CT molecular complexity index is 1670. The summed E-state index contributed by atoms with van der Waals surface area (Å²) in [6, 6.07) is 5.16. The van der Waals surface area contributed by atoms with Crippen LogP contribution in [0.15, 0.2) is 59.1 Å². The van der Waals surface area contributed by atoms with Gasteiger partial charge in [-0.1, -0.05) is 19.9 Å². The van der Waals surface area contributed by atoms with E-state index in [1.165, 1.54) is 23.5 Å².